The molecule has 2 aromatic carbocycles. The molecule has 0 atom stereocenters. The molecule has 0 amide bonds. The first kappa shape index (κ1) is 24.6. The van der Waals surface area contributed by atoms with E-state index in [2.05, 4.69) is 76.8 Å². The minimum Gasteiger partial charge on any atom is -0.462 e. The maximum Gasteiger partial charge on any atom is 0.338 e. The number of ether oxygens (including phenoxy) is 1. The predicted octanol–water partition coefficient (Wildman–Crippen LogP) is 7.73. The van der Waals surface area contributed by atoms with Crippen molar-refractivity contribution in [1.29, 1.82) is 0 Å². The molecule has 0 fully saturated rings. The molecule has 0 radical (unpaired) electrons. The Bertz CT molecular complexity index is 1090. The highest BCUT2D eigenvalue weighted by molar-refractivity contribution is 5.89. The highest BCUT2D eigenvalue weighted by Gasteiger charge is 2.29. The van der Waals surface area contributed by atoms with E-state index in [0.717, 1.165) is 12.0 Å². The highest BCUT2D eigenvalue weighted by Crippen LogP contribution is 2.44. The Hall–Kier alpha value is -3.05. The Morgan fingerprint density at radius 1 is 1.06 bits per heavy atom. The fourth-order valence-corrected chi connectivity index (χ4v) is 4.34. The Balaban J connectivity index is 1.85. The molecule has 2 nitrogen and oxygen atoms in total. The average molecular weight is 441 g/mol. The summed E-state index contributed by atoms with van der Waals surface area (Å²) in [5.74, 6) is 6.06. The molecular weight excluding hydrogens is 404 g/mol. The van der Waals surface area contributed by atoms with Crippen molar-refractivity contribution in [3.8, 4) is 11.8 Å². The summed E-state index contributed by atoms with van der Waals surface area (Å²) in [4.78, 5) is 11.8. The van der Waals surface area contributed by atoms with E-state index in [9.17, 15) is 4.79 Å². The average Bonchev–Trinajstić information content (AvgIpc) is 2.77. The van der Waals surface area contributed by atoms with Gasteiger partial charge in [0.25, 0.3) is 0 Å². The van der Waals surface area contributed by atoms with E-state index >= 15 is 0 Å². The zero-order valence-corrected chi connectivity index (χ0v) is 20.9. The standard InChI is InChI=1S/C31H36O2/c1-7-33-29(32)25-16-14-23(15-17-25)11-8-9-13-28-27(12-10-22-31(28,5)6)24-18-20-26(21-19-24)30(2,3)4/h9,13-21H,7,10,12,22H2,1-6H3. The van der Waals surface area contributed by atoms with Gasteiger partial charge in [-0.3, -0.25) is 0 Å². The van der Waals surface area contributed by atoms with Crippen LogP contribution in [0.2, 0.25) is 0 Å². The first-order chi connectivity index (χ1) is 15.6. The Morgan fingerprint density at radius 2 is 1.73 bits per heavy atom. The topological polar surface area (TPSA) is 26.3 Å². The van der Waals surface area contributed by atoms with Crippen molar-refractivity contribution in [3.63, 3.8) is 0 Å². The predicted molar refractivity (Wildman–Crippen MR) is 138 cm³/mol. The van der Waals surface area contributed by atoms with Crippen LogP contribution in [0.5, 0.6) is 0 Å². The van der Waals surface area contributed by atoms with Gasteiger partial charge in [-0.1, -0.05) is 70.7 Å². The molecule has 2 aromatic rings. The Kier molecular flexibility index (Phi) is 7.65. The van der Waals surface area contributed by atoms with Crippen LogP contribution in [-0.4, -0.2) is 12.6 Å². The first-order valence-electron chi connectivity index (χ1n) is 11.9. The smallest absolute Gasteiger partial charge is 0.338 e. The van der Waals surface area contributed by atoms with Crippen molar-refractivity contribution >= 4 is 11.5 Å². The van der Waals surface area contributed by atoms with Crippen LogP contribution in [0.1, 0.15) is 87.9 Å². The number of rotatable bonds is 4. The third-order valence-electron chi connectivity index (χ3n) is 6.33. The van der Waals surface area contributed by atoms with Gasteiger partial charge < -0.3 is 4.74 Å². The lowest BCUT2D eigenvalue weighted by Gasteiger charge is -2.34. The lowest BCUT2D eigenvalue weighted by atomic mass is 9.71. The minimum absolute atomic E-state index is 0.121. The molecule has 0 unspecified atom stereocenters. The van der Waals surface area contributed by atoms with E-state index in [4.69, 9.17) is 4.74 Å². The number of carbonyl (C=O) groups is 1. The van der Waals surface area contributed by atoms with Gasteiger partial charge in [0.05, 0.1) is 12.2 Å². The Labute approximate surface area is 199 Å². The van der Waals surface area contributed by atoms with Crippen molar-refractivity contribution in [2.24, 2.45) is 5.41 Å². The largest absolute Gasteiger partial charge is 0.462 e. The highest BCUT2D eigenvalue weighted by atomic mass is 16.5. The number of hydrogen-bond donors (Lipinski definition) is 0. The van der Waals surface area contributed by atoms with Gasteiger partial charge in [-0.15, -0.1) is 0 Å². The summed E-state index contributed by atoms with van der Waals surface area (Å²) in [6.07, 6.45) is 7.65. The van der Waals surface area contributed by atoms with Gasteiger partial charge in [0.1, 0.15) is 0 Å². The van der Waals surface area contributed by atoms with Crippen LogP contribution in [0.15, 0.2) is 66.3 Å². The summed E-state index contributed by atoms with van der Waals surface area (Å²) in [5, 5.41) is 0. The molecule has 0 heterocycles. The summed E-state index contributed by atoms with van der Waals surface area (Å²) in [6, 6.07) is 16.3. The van der Waals surface area contributed by atoms with E-state index in [-0.39, 0.29) is 16.8 Å². The van der Waals surface area contributed by atoms with E-state index in [0.29, 0.717) is 12.2 Å². The normalized spacial score (nSPS) is 15.8. The first-order valence-corrected chi connectivity index (χ1v) is 11.9. The summed E-state index contributed by atoms with van der Waals surface area (Å²) in [5.41, 5.74) is 7.20. The van der Waals surface area contributed by atoms with E-state index in [1.165, 1.54) is 35.1 Å². The zero-order valence-electron chi connectivity index (χ0n) is 20.9. The monoisotopic (exact) mass is 440 g/mol. The number of benzene rings is 2. The molecule has 0 saturated carbocycles. The molecule has 3 rings (SSSR count). The molecule has 0 saturated heterocycles. The molecule has 33 heavy (non-hydrogen) atoms. The van der Waals surface area contributed by atoms with Gasteiger partial charge in [0.15, 0.2) is 0 Å². The maximum absolute atomic E-state index is 11.8. The van der Waals surface area contributed by atoms with Crippen molar-refractivity contribution in [1.82, 2.24) is 0 Å². The molecule has 0 aromatic heterocycles. The lowest BCUT2D eigenvalue weighted by molar-refractivity contribution is 0.0526. The Morgan fingerprint density at radius 3 is 2.33 bits per heavy atom. The van der Waals surface area contributed by atoms with Gasteiger partial charge in [-0.05, 0) is 95.7 Å². The molecule has 0 bridgehead atoms. The molecule has 2 heteroatoms. The van der Waals surface area contributed by atoms with Crippen LogP contribution in [-0.2, 0) is 10.2 Å². The molecule has 0 aliphatic heterocycles. The molecule has 0 N–H and O–H groups in total. The third-order valence-corrected chi connectivity index (χ3v) is 6.33. The van der Waals surface area contributed by atoms with Crippen LogP contribution in [0.4, 0.5) is 0 Å². The van der Waals surface area contributed by atoms with E-state index < -0.39 is 0 Å². The molecular formula is C31H36O2. The summed E-state index contributed by atoms with van der Waals surface area (Å²) in [7, 11) is 0. The quantitative estimate of drug-likeness (QED) is 0.359. The van der Waals surface area contributed by atoms with Crippen molar-refractivity contribution in [2.45, 2.75) is 66.2 Å². The van der Waals surface area contributed by atoms with Gasteiger partial charge >= 0.3 is 5.97 Å². The second-order valence-electron chi connectivity index (χ2n) is 10.4. The minimum atomic E-state index is -0.300. The van der Waals surface area contributed by atoms with Crippen LogP contribution >= 0.6 is 0 Å². The molecule has 172 valence electrons. The van der Waals surface area contributed by atoms with Crippen LogP contribution in [0.25, 0.3) is 5.57 Å². The number of allylic oxidation sites excluding steroid dienone is 4. The van der Waals surface area contributed by atoms with Crippen molar-refractivity contribution in [2.75, 3.05) is 6.61 Å². The number of hydrogen-bond acceptors (Lipinski definition) is 2. The van der Waals surface area contributed by atoms with Crippen LogP contribution in [0, 0.1) is 17.3 Å². The maximum atomic E-state index is 11.8. The molecule has 1 aliphatic carbocycles. The van der Waals surface area contributed by atoms with Crippen molar-refractivity contribution < 1.29 is 9.53 Å². The van der Waals surface area contributed by atoms with Crippen molar-refractivity contribution in [3.05, 3.63) is 88.5 Å². The van der Waals surface area contributed by atoms with Gasteiger partial charge in [-0.25, -0.2) is 4.79 Å². The van der Waals surface area contributed by atoms with E-state index in [1.807, 2.05) is 18.2 Å². The van der Waals surface area contributed by atoms with Gasteiger partial charge in [-0.2, -0.15) is 0 Å². The van der Waals surface area contributed by atoms with Crippen LogP contribution in [0.3, 0.4) is 0 Å². The van der Waals surface area contributed by atoms with E-state index in [1.54, 1.807) is 19.1 Å². The summed E-state index contributed by atoms with van der Waals surface area (Å²) in [6.45, 7) is 13.6. The van der Waals surface area contributed by atoms with Gasteiger partial charge in [0.2, 0.25) is 0 Å². The second kappa shape index (κ2) is 10.3. The summed E-state index contributed by atoms with van der Waals surface area (Å²) < 4.78 is 5.03. The molecule has 1 aliphatic rings. The lowest BCUT2D eigenvalue weighted by Crippen LogP contribution is -2.19. The number of esters is 1. The third kappa shape index (κ3) is 6.26. The zero-order chi connectivity index (χ0) is 24.1. The SMILES string of the molecule is CCOC(=O)c1ccc(C#CC=CC2=C(c3ccc(C(C)(C)C)cc3)CCCC2(C)C)cc1. The van der Waals surface area contributed by atoms with Crippen LogP contribution < -0.4 is 0 Å². The fourth-order valence-electron chi connectivity index (χ4n) is 4.34. The van der Waals surface area contributed by atoms with Gasteiger partial charge in [0, 0.05) is 5.56 Å². The number of carbonyl (C=O) groups excluding carboxylic acids is 1. The molecule has 0 spiro atoms. The summed E-state index contributed by atoms with van der Waals surface area (Å²) >= 11 is 0. The second-order valence-corrected chi connectivity index (χ2v) is 10.4. The fraction of sp³-hybridized carbons (Fsp3) is 0.387.